The maximum absolute atomic E-state index is 4.39. The van der Waals surface area contributed by atoms with Crippen molar-refractivity contribution < 1.29 is 0 Å². The second-order valence-electron chi connectivity index (χ2n) is 6.84. The van der Waals surface area contributed by atoms with E-state index in [1.807, 2.05) is 0 Å². The van der Waals surface area contributed by atoms with Crippen LogP contribution < -0.4 is 4.90 Å². The summed E-state index contributed by atoms with van der Waals surface area (Å²) < 4.78 is 2.32. The van der Waals surface area contributed by atoms with Crippen LogP contribution in [-0.4, -0.2) is 45.8 Å². The SMILES string of the molecule is Cc1ccc(C)c(N2CCN(Cc3nnc4n3CCC4)CC2)c1. The highest BCUT2D eigenvalue weighted by Crippen LogP contribution is 2.23. The third kappa shape index (κ3) is 2.85. The zero-order chi connectivity index (χ0) is 15.8. The molecule has 1 fully saturated rings. The lowest BCUT2D eigenvalue weighted by molar-refractivity contribution is 0.240. The van der Waals surface area contributed by atoms with E-state index < -0.39 is 0 Å². The number of hydrogen-bond donors (Lipinski definition) is 0. The maximum atomic E-state index is 4.39. The van der Waals surface area contributed by atoms with Crippen LogP contribution in [0.1, 0.15) is 29.2 Å². The predicted molar refractivity (Wildman–Crippen MR) is 91.7 cm³/mol. The van der Waals surface area contributed by atoms with E-state index in [4.69, 9.17) is 0 Å². The summed E-state index contributed by atoms with van der Waals surface area (Å²) in [5, 5.41) is 8.71. The molecule has 1 aromatic carbocycles. The molecule has 1 saturated heterocycles. The van der Waals surface area contributed by atoms with E-state index in [1.165, 1.54) is 29.1 Å². The van der Waals surface area contributed by atoms with Gasteiger partial charge in [0.2, 0.25) is 0 Å². The van der Waals surface area contributed by atoms with Crippen molar-refractivity contribution in [3.8, 4) is 0 Å². The van der Waals surface area contributed by atoms with Crippen LogP contribution in [0, 0.1) is 13.8 Å². The number of fused-ring (bicyclic) bond motifs is 1. The summed E-state index contributed by atoms with van der Waals surface area (Å²) in [5.41, 5.74) is 4.11. The highest BCUT2D eigenvalue weighted by molar-refractivity contribution is 5.55. The first kappa shape index (κ1) is 14.7. The van der Waals surface area contributed by atoms with Gasteiger partial charge in [0.1, 0.15) is 11.6 Å². The number of aryl methyl sites for hydroxylation is 3. The molecule has 4 rings (SSSR count). The van der Waals surface area contributed by atoms with Crippen LogP contribution in [0.5, 0.6) is 0 Å². The van der Waals surface area contributed by atoms with E-state index in [1.54, 1.807) is 0 Å². The third-order valence-corrected chi connectivity index (χ3v) is 5.13. The predicted octanol–water partition coefficient (Wildman–Crippen LogP) is 2.16. The van der Waals surface area contributed by atoms with Gasteiger partial charge in [0, 0.05) is 44.8 Å². The molecule has 5 heteroatoms. The van der Waals surface area contributed by atoms with Gasteiger partial charge < -0.3 is 9.47 Å². The Labute approximate surface area is 137 Å². The minimum atomic E-state index is 0.938. The normalized spacial score (nSPS) is 18.4. The number of benzene rings is 1. The van der Waals surface area contributed by atoms with Gasteiger partial charge in [-0.15, -0.1) is 10.2 Å². The first-order valence-electron chi connectivity index (χ1n) is 8.66. The van der Waals surface area contributed by atoms with Gasteiger partial charge in [-0.1, -0.05) is 12.1 Å². The molecule has 0 saturated carbocycles. The molecule has 0 aliphatic carbocycles. The lowest BCUT2D eigenvalue weighted by atomic mass is 10.1. The van der Waals surface area contributed by atoms with Gasteiger partial charge >= 0.3 is 0 Å². The molecule has 0 radical (unpaired) electrons. The molecular formula is C18H25N5. The summed E-state index contributed by atoms with van der Waals surface area (Å²) in [5.74, 6) is 2.33. The number of piperazine rings is 1. The molecule has 2 aliphatic rings. The highest BCUT2D eigenvalue weighted by atomic mass is 15.3. The van der Waals surface area contributed by atoms with E-state index in [-0.39, 0.29) is 0 Å². The smallest absolute Gasteiger partial charge is 0.147 e. The van der Waals surface area contributed by atoms with Crippen molar-refractivity contribution in [1.29, 1.82) is 0 Å². The third-order valence-electron chi connectivity index (χ3n) is 5.13. The summed E-state index contributed by atoms with van der Waals surface area (Å²) >= 11 is 0. The Morgan fingerprint density at radius 3 is 2.65 bits per heavy atom. The summed E-state index contributed by atoms with van der Waals surface area (Å²) in [6.45, 7) is 10.8. The summed E-state index contributed by atoms with van der Waals surface area (Å²) in [4.78, 5) is 5.03. The molecule has 122 valence electrons. The number of aromatic nitrogens is 3. The lowest BCUT2D eigenvalue weighted by Gasteiger charge is -2.36. The van der Waals surface area contributed by atoms with Crippen molar-refractivity contribution in [3.05, 3.63) is 41.0 Å². The van der Waals surface area contributed by atoms with Crippen LogP contribution in [0.25, 0.3) is 0 Å². The quantitative estimate of drug-likeness (QED) is 0.870. The average molecular weight is 311 g/mol. The van der Waals surface area contributed by atoms with Gasteiger partial charge in [0.15, 0.2) is 0 Å². The van der Waals surface area contributed by atoms with Gasteiger partial charge in [0.05, 0.1) is 6.54 Å². The summed E-state index contributed by atoms with van der Waals surface area (Å²) in [6.07, 6.45) is 2.31. The molecule has 0 spiro atoms. The van der Waals surface area contributed by atoms with E-state index in [9.17, 15) is 0 Å². The Kier molecular flexibility index (Phi) is 3.81. The van der Waals surface area contributed by atoms with Gasteiger partial charge in [-0.25, -0.2) is 0 Å². The van der Waals surface area contributed by atoms with Crippen LogP contribution >= 0.6 is 0 Å². The molecule has 2 aromatic rings. The Morgan fingerprint density at radius 2 is 1.83 bits per heavy atom. The van der Waals surface area contributed by atoms with Crippen LogP contribution in [0.4, 0.5) is 5.69 Å². The van der Waals surface area contributed by atoms with Crippen LogP contribution in [-0.2, 0) is 19.5 Å². The number of hydrogen-bond acceptors (Lipinski definition) is 4. The maximum Gasteiger partial charge on any atom is 0.147 e. The lowest BCUT2D eigenvalue weighted by Crippen LogP contribution is -2.46. The highest BCUT2D eigenvalue weighted by Gasteiger charge is 2.22. The zero-order valence-corrected chi connectivity index (χ0v) is 14.1. The molecule has 0 atom stereocenters. The van der Waals surface area contributed by atoms with Crippen LogP contribution in [0.3, 0.4) is 0 Å². The Morgan fingerprint density at radius 1 is 1.00 bits per heavy atom. The van der Waals surface area contributed by atoms with Crippen molar-refractivity contribution in [2.75, 3.05) is 31.1 Å². The topological polar surface area (TPSA) is 37.2 Å². The van der Waals surface area contributed by atoms with Crippen molar-refractivity contribution in [1.82, 2.24) is 19.7 Å². The second-order valence-corrected chi connectivity index (χ2v) is 6.84. The molecule has 23 heavy (non-hydrogen) atoms. The van der Waals surface area contributed by atoms with Gasteiger partial charge in [0.25, 0.3) is 0 Å². The Bertz CT molecular complexity index is 697. The second kappa shape index (κ2) is 5.96. The number of anilines is 1. The van der Waals surface area contributed by atoms with Gasteiger partial charge in [-0.3, -0.25) is 4.90 Å². The van der Waals surface area contributed by atoms with Gasteiger partial charge in [-0.05, 0) is 37.5 Å². The molecule has 2 aliphatic heterocycles. The molecule has 0 amide bonds. The molecule has 0 bridgehead atoms. The average Bonchev–Trinajstić information content (AvgIpc) is 3.16. The van der Waals surface area contributed by atoms with Crippen molar-refractivity contribution in [2.45, 2.75) is 39.8 Å². The van der Waals surface area contributed by atoms with Crippen LogP contribution in [0.2, 0.25) is 0 Å². The molecule has 0 unspecified atom stereocenters. The molecule has 5 nitrogen and oxygen atoms in total. The molecular weight excluding hydrogens is 286 g/mol. The molecule has 1 aromatic heterocycles. The Balaban J connectivity index is 1.40. The van der Waals surface area contributed by atoms with Crippen molar-refractivity contribution in [2.24, 2.45) is 0 Å². The summed E-state index contributed by atoms with van der Waals surface area (Å²) in [6, 6.07) is 6.74. The fraction of sp³-hybridized carbons (Fsp3) is 0.556. The van der Waals surface area contributed by atoms with Gasteiger partial charge in [-0.2, -0.15) is 0 Å². The van der Waals surface area contributed by atoms with E-state index in [0.717, 1.165) is 51.5 Å². The van der Waals surface area contributed by atoms with E-state index in [0.29, 0.717) is 0 Å². The monoisotopic (exact) mass is 311 g/mol. The van der Waals surface area contributed by atoms with E-state index in [2.05, 4.69) is 56.6 Å². The Hall–Kier alpha value is -1.88. The van der Waals surface area contributed by atoms with Crippen molar-refractivity contribution in [3.63, 3.8) is 0 Å². The zero-order valence-electron chi connectivity index (χ0n) is 14.1. The number of nitrogens with zero attached hydrogens (tertiary/aromatic N) is 5. The van der Waals surface area contributed by atoms with Crippen LogP contribution in [0.15, 0.2) is 18.2 Å². The standard InChI is InChI=1S/C18H25N5/c1-14-5-6-15(2)16(12-14)22-10-8-21(9-11-22)13-18-20-19-17-4-3-7-23(17)18/h5-6,12H,3-4,7-11,13H2,1-2H3. The molecule has 0 N–H and O–H groups in total. The first-order valence-corrected chi connectivity index (χ1v) is 8.66. The largest absolute Gasteiger partial charge is 0.369 e. The fourth-order valence-corrected chi connectivity index (χ4v) is 3.73. The minimum Gasteiger partial charge on any atom is -0.369 e. The van der Waals surface area contributed by atoms with Crippen molar-refractivity contribution >= 4 is 5.69 Å². The molecule has 3 heterocycles. The van der Waals surface area contributed by atoms with E-state index >= 15 is 0 Å². The fourth-order valence-electron chi connectivity index (χ4n) is 3.73. The minimum absolute atomic E-state index is 0.938. The first-order chi connectivity index (χ1) is 11.2. The summed E-state index contributed by atoms with van der Waals surface area (Å²) in [7, 11) is 0. The number of rotatable bonds is 3.